The molecule has 0 amide bonds. The van der Waals surface area contributed by atoms with E-state index in [1.807, 2.05) is 0 Å². The number of carbonyl (C=O) groups is 2. The van der Waals surface area contributed by atoms with E-state index in [0.29, 0.717) is 12.0 Å². The lowest BCUT2D eigenvalue weighted by Crippen LogP contribution is -2.07. The molecule has 1 rings (SSSR count). The Morgan fingerprint density at radius 2 is 2.29 bits per heavy atom. The van der Waals surface area contributed by atoms with Crippen molar-refractivity contribution >= 4 is 23.9 Å². The molecule has 1 aromatic rings. The van der Waals surface area contributed by atoms with E-state index in [2.05, 4.69) is 9.72 Å². The third-order valence-corrected chi connectivity index (χ3v) is 2.01. The zero-order valence-corrected chi connectivity index (χ0v) is 8.46. The Hall–Kier alpha value is -1.42. The molecule has 0 saturated carbocycles. The van der Waals surface area contributed by atoms with Crippen molar-refractivity contribution in [1.29, 1.82) is 0 Å². The normalized spacial score (nSPS) is 9.64. The molecule has 0 fully saturated rings. The van der Waals surface area contributed by atoms with Crippen LogP contribution in [0.5, 0.6) is 0 Å². The van der Waals surface area contributed by atoms with Gasteiger partial charge in [-0.3, -0.25) is 4.79 Å². The number of nitrogens with zero attached hydrogens (tertiary/aromatic N) is 1. The summed E-state index contributed by atoms with van der Waals surface area (Å²) in [6, 6.07) is 1.37. The van der Waals surface area contributed by atoms with Crippen LogP contribution in [-0.2, 0) is 4.74 Å². The van der Waals surface area contributed by atoms with Crippen LogP contribution in [0.25, 0.3) is 0 Å². The van der Waals surface area contributed by atoms with Crippen molar-refractivity contribution in [2.24, 2.45) is 0 Å². The first-order chi connectivity index (χ1) is 6.60. The van der Waals surface area contributed by atoms with Crippen LogP contribution in [0.3, 0.4) is 0 Å². The number of pyridine rings is 1. The maximum absolute atomic E-state index is 11.2. The minimum Gasteiger partial charge on any atom is -0.465 e. The van der Waals surface area contributed by atoms with E-state index in [4.69, 9.17) is 11.6 Å². The number of esters is 1. The van der Waals surface area contributed by atoms with Crippen LogP contribution in [0.4, 0.5) is 0 Å². The number of aryl methyl sites for hydroxylation is 1. The van der Waals surface area contributed by atoms with Gasteiger partial charge >= 0.3 is 5.97 Å². The number of halogens is 1. The second kappa shape index (κ2) is 4.19. The van der Waals surface area contributed by atoms with Crippen molar-refractivity contribution in [3.8, 4) is 0 Å². The second-order valence-corrected chi connectivity index (χ2v) is 3.01. The molecule has 4 nitrogen and oxygen atoms in total. The molecule has 0 aliphatic carbocycles. The summed E-state index contributed by atoms with van der Waals surface area (Å²) in [5.74, 6) is -0.519. The fourth-order valence-electron chi connectivity index (χ4n) is 0.999. The zero-order chi connectivity index (χ0) is 10.7. The maximum atomic E-state index is 11.2. The molecule has 0 bridgehead atoms. The predicted molar refractivity (Wildman–Crippen MR) is 50.7 cm³/mol. The van der Waals surface area contributed by atoms with E-state index < -0.39 is 5.97 Å². The molecule has 0 radical (unpaired) electrons. The summed E-state index contributed by atoms with van der Waals surface area (Å²) >= 11 is 5.70. The van der Waals surface area contributed by atoms with Gasteiger partial charge in [-0.15, -0.1) is 0 Å². The van der Waals surface area contributed by atoms with E-state index in [1.54, 1.807) is 6.92 Å². The van der Waals surface area contributed by atoms with Gasteiger partial charge in [0.25, 0.3) is 0 Å². The largest absolute Gasteiger partial charge is 0.465 e. The van der Waals surface area contributed by atoms with Crippen LogP contribution in [0.15, 0.2) is 6.07 Å². The second-order valence-electron chi connectivity index (χ2n) is 2.60. The molecule has 74 valence electrons. The third kappa shape index (κ3) is 1.90. The molecule has 0 atom stereocenters. The Morgan fingerprint density at radius 1 is 1.64 bits per heavy atom. The minimum atomic E-state index is -0.519. The van der Waals surface area contributed by atoms with E-state index in [9.17, 15) is 9.59 Å². The standard InChI is InChI=1S/C9H8ClNO3/c1-5-6(9(13)14-2)3-7(10)8(4-12)11-5/h3-4H,1-2H3. The van der Waals surface area contributed by atoms with Crippen LogP contribution in [0, 0.1) is 6.92 Å². The number of aldehydes is 1. The summed E-state index contributed by atoms with van der Waals surface area (Å²) in [5.41, 5.74) is 0.809. The Kier molecular flexibility index (Phi) is 3.19. The van der Waals surface area contributed by atoms with Crippen LogP contribution < -0.4 is 0 Å². The summed E-state index contributed by atoms with van der Waals surface area (Å²) in [6.07, 6.45) is 0.538. The van der Waals surface area contributed by atoms with Crippen LogP contribution in [0.1, 0.15) is 26.5 Å². The molecule has 5 heteroatoms. The average molecular weight is 214 g/mol. The Balaban J connectivity index is 3.28. The lowest BCUT2D eigenvalue weighted by atomic mass is 10.2. The topological polar surface area (TPSA) is 56.3 Å². The maximum Gasteiger partial charge on any atom is 0.339 e. The highest BCUT2D eigenvalue weighted by Crippen LogP contribution is 2.17. The van der Waals surface area contributed by atoms with Gasteiger partial charge in [0, 0.05) is 0 Å². The SMILES string of the molecule is COC(=O)c1cc(Cl)c(C=O)nc1C. The van der Waals surface area contributed by atoms with Gasteiger partial charge in [-0.2, -0.15) is 0 Å². The van der Waals surface area contributed by atoms with Gasteiger partial charge in [-0.05, 0) is 13.0 Å². The number of hydrogen-bond acceptors (Lipinski definition) is 4. The van der Waals surface area contributed by atoms with Crippen molar-refractivity contribution in [2.45, 2.75) is 6.92 Å². The van der Waals surface area contributed by atoms with Gasteiger partial charge in [-0.1, -0.05) is 11.6 Å². The summed E-state index contributed by atoms with van der Waals surface area (Å²) in [6.45, 7) is 1.61. The van der Waals surface area contributed by atoms with Gasteiger partial charge in [0.1, 0.15) is 5.69 Å². The number of carbonyl (C=O) groups excluding carboxylic acids is 2. The quantitative estimate of drug-likeness (QED) is 0.554. The fraction of sp³-hybridized carbons (Fsp3) is 0.222. The molecule has 1 heterocycles. The van der Waals surface area contributed by atoms with Crippen LogP contribution >= 0.6 is 11.6 Å². The van der Waals surface area contributed by atoms with E-state index in [1.165, 1.54) is 13.2 Å². The molecule has 0 N–H and O–H groups in total. The average Bonchev–Trinajstić information content (AvgIpc) is 2.19. The molecule has 14 heavy (non-hydrogen) atoms. The third-order valence-electron chi connectivity index (χ3n) is 1.71. The zero-order valence-electron chi connectivity index (χ0n) is 7.70. The van der Waals surface area contributed by atoms with Crippen molar-refractivity contribution < 1.29 is 14.3 Å². The Morgan fingerprint density at radius 3 is 2.79 bits per heavy atom. The predicted octanol–water partition coefficient (Wildman–Crippen LogP) is 1.64. The first-order valence-electron chi connectivity index (χ1n) is 3.80. The van der Waals surface area contributed by atoms with Gasteiger partial charge in [-0.25, -0.2) is 9.78 Å². The first kappa shape index (κ1) is 10.7. The summed E-state index contributed by atoms with van der Waals surface area (Å²) < 4.78 is 4.52. The number of rotatable bonds is 2. The number of aromatic nitrogens is 1. The summed E-state index contributed by atoms with van der Waals surface area (Å²) in [5, 5.41) is 0.144. The molecule has 0 aliphatic rings. The molecule has 1 aromatic heterocycles. The molecular weight excluding hydrogens is 206 g/mol. The summed E-state index contributed by atoms with van der Waals surface area (Å²) in [7, 11) is 1.27. The highest BCUT2D eigenvalue weighted by Gasteiger charge is 2.13. The van der Waals surface area contributed by atoms with E-state index >= 15 is 0 Å². The minimum absolute atomic E-state index is 0.122. The fourth-order valence-corrected chi connectivity index (χ4v) is 1.19. The first-order valence-corrected chi connectivity index (χ1v) is 4.18. The molecule has 0 saturated heterocycles. The molecule has 0 aromatic carbocycles. The van der Waals surface area contributed by atoms with E-state index in [-0.39, 0.29) is 16.3 Å². The van der Waals surface area contributed by atoms with Gasteiger partial charge in [0.05, 0.1) is 23.4 Å². The van der Waals surface area contributed by atoms with Gasteiger partial charge in [0.2, 0.25) is 0 Å². The van der Waals surface area contributed by atoms with Crippen molar-refractivity contribution in [3.63, 3.8) is 0 Å². The lowest BCUT2D eigenvalue weighted by Gasteiger charge is -2.04. The van der Waals surface area contributed by atoms with Crippen LogP contribution in [0.2, 0.25) is 5.02 Å². The summed E-state index contributed by atoms with van der Waals surface area (Å²) in [4.78, 5) is 25.5. The molecule has 0 spiro atoms. The Labute approximate surface area is 85.9 Å². The number of ether oxygens (including phenoxy) is 1. The van der Waals surface area contributed by atoms with Gasteiger partial charge in [0.15, 0.2) is 6.29 Å². The van der Waals surface area contributed by atoms with E-state index in [0.717, 1.165) is 0 Å². The molecule has 0 unspecified atom stereocenters. The van der Waals surface area contributed by atoms with Gasteiger partial charge < -0.3 is 4.74 Å². The Bertz CT molecular complexity index is 390. The molecular formula is C9H8ClNO3. The van der Waals surface area contributed by atoms with Crippen LogP contribution in [-0.4, -0.2) is 24.3 Å². The highest BCUT2D eigenvalue weighted by molar-refractivity contribution is 6.33. The number of methoxy groups -OCH3 is 1. The van der Waals surface area contributed by atoms with Crippen molar-refractivity contribution in [1.82, 2.24) is 4.98 Å². The van der Waals surface area contributed by atoms with Crippen molar-refractivity contribution in [3.05, 3.63) is 28.0 Å². The molecule has 0 aliphatic heterocycles. The smallest absolute Gasteiger partial charge is 0.339 e. The van der Waals surface area contributed by atoms with Crippen molar-refractivity contribution in [2.75, 3.05) is 7.11 Å². The lowest BCUT2D eigenvalue weighted by molar-refractivity contribution is 0.0599. The number of hydrogen-bond donors (Lipinski definition) is 0. The monoisotopic (exact) mass is 213 g/mol. The highest BCUT2D eigenvalue weighted by atomic mass is 35.5.